The van der Waals surface area contributed by atoms with E-state index >= 15 is 9.59 Å². The third-order valence-corrected chi connectivity index (χ3v) is 17.7. The average molecular weight is 999 g/mol. The number of hydrogen-bond donors (Lipinski definition) is 2. The van der Waals surface area contributed by atoms with Crippen LogP contribution in [-0.4, -0.2) is 134 Å². The molecule has 2 amide bonds. The second-order valence-electron chi connectivity index (χ2n) is 23.8. The summed E-state index contributed by atoms with van der Waals surface area (Å²) in [5.41, 5.74) is 0.477. The van der Waals surface area contributed by atoms with Gasteiger partial charge in [0.05, 0.1) is 33.8 Å². The van der Waals surface area contributed by atoms with Crippen LogP contribution in [0.2, 0.25) is 0 Å². The van der Waals surface area contributed by atoms with Crippen molar-refractivity contribution in [2.75, 3.05) is 88.5 Å². The molecule has 4 atom stereocenters. The van der Waals surface area contributed by atoms with Crippen LogP contribution in [0.4, 0.5) is 20.4 Å². The number of fused-ring (bicyclic) bond motifs is 2. The van der Waals surface area contributed by atoms with E-state index in [0.29, 0.717) is 36.2 Å². The van der Waals surface area contributed by atoms with Crippen LogP contribution < -0.4 is 20.4 Å². The first-order valence-electron chi connectivity index (χ1n) is 27.7. The Morgan fingerprint density at radius 1 is 0.583 bits per heavy atom. The maximum Gasteiger partial charge on any atom is 0.224 e. The molecule has 4 aliphatic heterocycles. The summed E-state index contributed by atoms with van der Waals surface area (Å²) in [5.74, 6) is 1.40. The molecule has 2 aromatic carbocycles. The Morgan fingerprint density at radius 2 is 0.972 bits per heavy atom. The SMILES string of the molecule is CC1(C)CC(C(C(=O)NC2CCC(CCN3CCN(c4noc5ccc(F)cc45)CC3)CC2)C(C(=O)NC2CCC(CCN3CCN(c4noc5ccc(F)cc45)CC3)CC2)C2CCOC(C)(C)C2)CCO1. The van der Waals surface area contributed by atoms with Gasteiger partial charge in [-0.05, 0) is 191 Å². The molecule has 2 aromatic heterocycles. The van der Waals surface area contributed by atoms with E-state index in [1.165, 1.54) is 24.3 Å². The second-order valence-corrected chi connectivity index (χ2v) is 23.8. The number of carbonyl (C=O) groups excluding carboxylic acids is 2. The summed E-state index contributed by atoms with van der Waals surface area (Å²) in [6.07, 6.45) is 13.4. The standard InChI is InChI=1S/C56H80F2N8O6/c1-55(2)35-39(19-31-69-55)49(53(67)59-43-11-5-37(6-12-43)17-21-63-23-27-65(28-24-63)51-45-33-41(57)9-15-47(45)71-61-51)50(40-20-32-70-56(3,4)36-40)54(68)60-44-13-7-38(8-14-44)18-22-64-25-29-66(30-26-64)52-46-34-42(58)10-16-48(46)72-62-52/h9-10,15-16,33-34,37-40,43-44,49-50H,5-8,11-14,17-32,35-36H2,1-4H3,(H,59,67)(H,60,68). The van der Waals surface area contributed by atoms with Gasteiger partial charge in [0, 0.05) is 77.7 Å². The molecule has 2 N–H and O–H groups in total. The first-order chi connectivity index (χ1) is 34.7. The Labute approximate surface area is 424 Å². The molecular weight excluding hydrogens is 919 g/mol. The topological polar surface area (TPSA) is 142 Å². The third kappa shape index (κ3) is 12.2. The summed E-state index contributed by atoms with van der Waals surface area (Å²) in [4.78, 5) is 39.7. The Morgan fingerprint density at radius 3 is 1.35 bits per heavy atom. The maximum atomic E-state index is 15.1. The molecule has 16 heteroatoms. The van der Waals surface area contributed by atoms with E-state index in [4.69, 9.17) is 18.5 Å². The number of hydrogen-bond acceptors (Lipinski definition) is 12. The van der Waals surface area contributed by atoms with Gasteiger partial charge in [-0.1, -0.05) is 10.3 Å². The lowest BCUT2D eigenvalue weighted by atomic mass is 9.66. The summed E-state index contributed by atoms with van der Waals surface area (Å²) in [6, 6.07) is 9.32. The number of anilines is 2. The zero-order chi connectivity index (χ0) is 50.0. The molecule has 6 aliphatic rings. The fraction of sp³-hybridized carbons (Fsp3) is 0.714. The van der Waals surface area contributed by atoms with E-state index in [-0.39, 0.29) is 58.6 Å². The minimum atomic E-state index is -0.446. The molecule has 6 fully saturated rings. The molecule has 0 spiro atoms. The predicted octanol–water partition coefficient (Wildman–Crippen LogP) is 8.96. The molecule has 72 heavy (non-hydrogen) atoms. The minimum Gasteiger partial charge on any atom is -0.376 e. The van der Waals surface area contributed by atoms with Crippen LogP contribution >= 0.6 is 0 Å². The van der Waals surface area contributed by atoms with E-state index in [1.54, 1.807) is 12.1 Å². The van der Waals surface area contributed by atoms with Crippen LogP contribution in [-0.2, 0) is 19.1 Å². The van der Waals surface area contributed by atoms with Gasteiger partial charge in [-0.25, -0.2) is 8.78 Å². The number of ether oxygens (including phenoxy) is 2. The third-order valence-electron chi connectivity index (χ3n) is 17.7. The van der Waals surface area contributed by atoms with Crippen molar-refractivity contribution in [3.8, 4) is 0 Å². The fourth-order valence-corrected chi connectivity index (χ4v) is 13.6. The van der Waals surface area contributed by atoms with E-state index in [9.17, 15) is 8.78 Å². The largest absolute Gasteiger partial charge is 0.376 e. The lowest BCUT2D eigenvalue weighted by Gasteiger charge is -2.46. The summed E-state index contributed by atoms with van der Waals surface area (Å²) in [5, 5.41) is 17.2. The number of carbonyl (C=O) groups is 2. The fourth-order valence-electron chi connectivity index (χ4n) is 13.6. The Kier molecular flexibility index (Phi) is 15.8. The van der Waals surface area contributed by atoms with Gasteiger partial charge < -0.3 is 39.0 Å². The highest BCUT2D eigenvalue weighted by Crippen LogP contribution is 2.44. The van der Waals surface area contributed by atoms with E-state index in [0.717, 1.165) is 178 Å². The Hall–Kier alpha value is -4.38. The first kappa shape index (κ1) is 51.1. The van der Waals surface area contributed by atoms with Crippen molar-refractivity contribution in [1.82, 2.24) is 30.7 Å². The molecule has 4 unspecified atom stereocenters. The van der Waals surface area contributed by atoms with Crippen molar-refractivity contribution in [2.45, 2.75) is 141 Å². The van der Waals surface area contributed by atoms with Gasteiger partial charge in [-0.3, -0.25) is 19.4 Å². The molecule has 394 valence electrons. The molecule has 4 aromatic rings. The molecule has 10 rings (SSSR count). The molecule has 14 nitrogen and oxygen atoms in total. The zero-order valence-electron chi connectivity index (χ0n) is 43.4. The zero-order valence-corrected chi connectivity index (χ0v) is 43.4. The first-order valence-corrected chi connectivity index (χ1v) is 27.7. The van der Waals surface area contributed by atoms with Crippen LogP contribution in [0.3, 0.4) is 0 Å². The van der Waals surface area contributed by atoms with Crippen molar-refractivity contribution >= 4 is 45.4 Å². The number of piperazine rings is 2. The van der Waals surface area contributed by atoms with Gasteiger partial charge in [0.2, 0.25) is 11.8 Å². The molecule has 2 aliphatic carbocycles. The van der Waals surface area contributed by atoms with Crippen LogP contribution in [0.15, 0.2) is 45.4 Å². The molecule has 0 bridgehead atoms. The minimum absolute atomic E-state index is 0.0346. The smallest absolute Gasteiger partial charge is 0.224 e. The number of nitrogens with one attached hydrogen (secondary N) is 2. The van der Waals surface area contributed by atoms with Crippen molar-refractivity contribution in [2.24, 2.45) is 35.5 Å². The van der Waals surface area contributed by atoms with E-state index in [1.807, 2.05) is 0 Å². The quantitative estimate of drug-likeness (QED) is 0.118. The van der Waals surface area contributed by atoms with Crippen molar-refractivity contribution in [3.05, 3.63) is 48.0 Å². The van der Waals surface area contributed by atoms with Crippen molar-refractivity contribution in [1.29, 1.82) is 0 Å². The van der Waals surface area contributed by atoms with Gasteiger partial charge in [0.25, 0.3) is 0 Å². The molecule has 0 radical (unpaired) electrons. The monoisotopic (exact) mass is 999 g/mol. The summed E-state index contributed by atoms with van der Waals surface area (Å²) >= 11 is 0. The molecule has 4 saturated heterocycles. The van der Waals surface area contributed by atoms with Crippen LogP contribution in [0, 0.1) is 47.1 Å². The van der Waals surface area contributed by atoms with E-state index in [2.05, 4.69) is 68.2 Å². The Bertz CT molecular complexity index is 2280. The van der Waals surface area contributed by atoms with Crippen LogP contribution in [0.5, 0.6) is 0 Å². The van der Waals surface area contributed by atoms with Gasteiger partial charge in [0.15, 0.2) is 22.8 Å². The molecule has 6 heterocycles. The highest BCUT2D eigenvalue weighted by atomic mass is 19.1. The maximum absolute atomic E-state index is 15.1. The average Bonchev–Trinajstić information content (AvgIpc) is 3.98. The van der Waals surface area contributed by atoms with Gasteiger partial charge in [-0.15, -0.1) is 0 Å². The highest BCUT2D eigenvalue weighted by Gasteiger charge is 2.49. The van der Waals surface area contributed by atoms with E-state index < -0.39 is 11.8 Å². The lowest BCUT2D eigenvalue weighted by molar-refractivity contribution is -0.152. The molecular formula is C56H80F2N8O6. The van der Waals surface area contributed by atoms with Crippen LogP contribution in [0.1, 0.15) is 118 Å². The summed E-state index contributed by atoms with van der Waals surface area (Å²) in [6.45, 7) is 18.8. The summed E-state index contributed by atoms with van der Waals surface area (Å²) in [7, 11) is 0. The van der Waals surface area contributed by atoms with Gasteiger partial charge >= 0.3 is 0 Å². The van der Waals surface area contributed by atoms with Gasteiger partial charge in [-0.2, -0.15) is 0 Å². The number of rotatable bonds is 15. The number of benzene rings is 2. The summed E-state index contributed by atoms with van der Waals surface area (Å²) < 4.78 is 51.5. The van der Waals surface area contributed by atoms with Crippen LogP contribution in [0.25, 0.3) is 21.9 Å². The van der Waals surface area contributed by atoms with Crippen molar-refractivity contribution in [3.63, 3.8) is 0 Å². The molecule has 2 saturated carbocycles. The second kappa shape index (κ2) is 22.2. The number of amides is 2. The van der Waals surface area contributed by atoms with Gasteiger partial charge in [0.1, 0.15) is 11.6 Å². The number of aromatic nitrogens is 2. The predicted molar refractivity (Wildman–Crippen MR) is 275 cm³/mol. The highest BCUT2D eigenvalue weighted by molar-refractivity contribution is 5.90. The number of nitrogens with zero attached hydrogens (tertiary/aromatic N) is 6. The normalized spacial score (nSPS) is 28.5. The van der Waals surface area contributed by atoms with Crippen molar-refractivity contribution < 1.29 is 36.9 Å². The Balaban J connectivity index is 0.722. The number of halogens is 2. The lowest BCUT2D eigenvalue weighted by Crippen LogP contribution is -2.55.